The highest BCUT2D eigenvalue weighted by molar-refractivity contribution is 6.44. The first kappa shape index (κ1) is 15.5. The molecule has 1 aromatic carbocycles. The lowest BCUT2D eigenvalue weighted by atomic mass is 10.1. The van der Waals surface area contributed by atoms with Gasteiger partial charge in [-0.05, 0) is 0 Å². The molecule has 1 saturated heterocycles. The van der Waals surface area contributed by atoms with Gasteiger partial charge in [0.1, 0.15) is 6.54 Å². The number of nitrogens with zero attached hydrogens (tertiary/aromatic N) is 3. The number of carbonyl (C=O) groups excluding carboxylic acids is 2. The van der Waals surface area contributed by atoms with Crippen LogP contribution in [0.25, 0.3) is 0 Å². The molecule has 7 nitrogen and oxygen atoms in total. The Morgan fingerprint density at radius 1 is 1.33 bits per heavy atom. The van der Waals surface area contributed by atoms with E-state index in [9.17, 15) is 19.7 Å². The Balaban J connectivity index is 2.35. The quantitative estimate of drug-likeness (QED) is 0.611. The summed E-state index contributed by atoms with van der Waals surface area (Å²) in [4.78, 5) is 37.0. The third-order valence-electron chi connectivity index (χ3n) is 3.20. The SMILES string of the molecule is CN1CCN(C(=O)c2cc([N+](=O)[O-])cc(Cl)c2Cl)CC1=O. The van der Waals surface area contributed by atoms with Crippen molar-refractivity contribution in [3.05, 3.63) is 37.9 Å². The van der Waals surface area contributed by atoms with E-state index in [0.29, 0.717) is 13.1 Å². The van der Waals surface area contributed by atoms with Crippen LogP contribution in [0.3, 0.4) is 0 Å². The number of carbonyl (C=O) groups is 2. The van der Waals surface area contributed by atoms with E-state index in [-0.39, 0.29) is 33.7 Å². The number of nitro groups is 1. The van der Waals surface area contributed by atoms with Gasteiger partial charge in [0.2, 0.25) is 5.91 Å². The number of likely N-dealkylation sites (N-methyl/N-ethyl adjacent to an activating group) is 1. The fourth-order valence-electron chi connectivity index (χ4n) is 1.94. The molecule has 2 amide bonds. The highest BCUT2D eigenvalue weighted by atomic mass is 35.5. The first-order chi connectivity index (χ1) is 9.81. The van der Waals surface area contributed by atoms with Crippen LogP contribution < -0.4 is 0 Å². The average Bonchev–Trinajstić information content (AvgIpc) is 2.43. The Morgan fingerprint density at radius 2 is 2.00 bits per heavy atom. The highest BCUT2D eigenvalue weighted by Crippen LogP contribution is 2.31. The predicted octanol–water partition coefficient (Wildman–Crippen LogP) is 1.82. The van der Waals surface area contributed by atoms with Crippen LogP contribution in [0, 0.1) is 10.1 Å². The van der Waals surface area contributed by atoms with Crippen molar-refractivity contribution in [1.29, 1.82) is 0 Å². The van der Waals surface area contributed by atoms with E-state index in [2.05, 4.69) is 0 Å². The van der Waals surface area contributed by atoms with Gasteiger partial charge in [0.25, 0.3) is 11.6 Å². The van der Waals surface area contributed by atoms with Crippen molar-refractivity contribution in [2.75, 3.05) is 26.7 Å². The summed E-state index contributed by atoms with van der Waals surface area (Å²) in [6, 6.07) is 2.15. The molecule has 0 N–H and O–H groups in total. The normalized spacial score (nSPS) is 15.3. The van der Waals surface area contributed by atoms with Gasteiger partial charge in [0.05, 0.1) is 20.5 Å². The topological polar surface area (TPSA) is 83.8 Å². The van der Waals surface area contributed by atoms with E-state index in [1.165, 1.54) is 9.80 Å². The van der Waals surface area contributed by atoms with Crippen molar-refractivity contribution in [1.82, 2.24) is 9.80 Å². The molecule has 1 fully saturated rings. The monoisotopic (exact) mass is 331 g/mol. The minimum Gasteiger partial charge on any atom is -0.342 e. The Morgan fingerprint density at radius 3 is 2.57 bits per heavy atom. The van der Waals surface area contributed by atoms with E-state index in [1.54, 1.807) is 7.05 Å². The number of amides is 2. The lowest BCUT2D eigenvalue weighted by molar-refractivity contribution is -0.384. The van der Waals surface area contributed by atoms with Crippen molar-refractivity contribution >= 4 is 40.7 Å². The van der Waals surface area contributed by atoms with Gasteiger partial charge in [0.15, 0.2) is 0 Å². The van der Waals surface area contributed by atoms with E-state index in [0.717, 1.165) is 12.1 Å². The standard InChI is InChI=1S/C12H11Cl2N3O4/c1-15-2-3-16(6-10(15)18)12(19)8-4-7(17(20)21)5-9(13)11(8)14/h4-5H,2-3,6H2,1H3. The Hall–Kier alpha value is -1.86. The van der Waals surface area contributed by atoms with Gasteiger partial charge >= 0.3 is 0 Å². The van der Waals surface area contributed by atoms with Gasteiger partial charge in [-0.25, -0.2) is 0 Å². The summed E-state index contributed by atoms with van der Waals surface area (Å²) in [6.45, 7) is 0.633. The van der Waals surface area contributed by atoms with Crippen LogP contribution in [0.5, 0.6) is 0 Å². The van der Waals surface area contributed by atoms with Gasteiger partial charge in [-0.2, -0.15) is 0 Å². The summed E-state index contributed by atoms with van der Waals surface area (Å²) in [7, 11) is 1.64. The van der Waals surface area contributed by atoms with Crippen LogP contribution >= 0.6 is 23.2 Å². The molecule has 1 heterocycles. The fourth-order valence-corrected chi connectivity index (χ4v) is 2.34. The number of non-ortho nitro benzene ring substituents is 1. The van der Waals surface area contributed by atoms with Crippen molar-refractivity contribution in [2.45, 2.75) is 0 Å². The second-order valence-electron chi connectivity index (χ2n) is 4.59. The summed E-state index contributed by atoms with van der Waals surface area (Å²) in [5, 5.41) is 10.7. The molecule has 0 radical (unpaired) electrons. The Bertz CT molecular complexity index is 635. The number of hydrogen-bond donors (Lipinski definition) is 0. The molecule has 0 unspecified atom stereocenters. The summed E-state index contributed by atoms with van der Waals surface area (Å²) >= 11 is 11.8. The van der Waals surface area contributed by atoms with E-state index in [4.69, 9.17) is 23.2 Å². The number of rotatable bonds is 2. The van der Waals surface area contributed by atoms with E-state index in [1.807, 2.05) is 0 Å². The van der Waals surface area contributed by atoms with Gasteiger partial charge in [-0.1, -0.05) is 23.2 Å². The van der Waals surface area contributed by atoms with Crippen molar-refractivity contribution in [2.24, 2.45) is 0 Å². The van der Waals surface area contributed by atoms with Crippen molar-refractivity contribution < 1.29 is 14.5 Å². The number of piperazine rings is 1. The molecule has 21 heavy (non-hydrogen) atoms. The second kappa shape index (κ2) is 5.87. The van der Waals surface area contributed by atoms with Crippen LogP contribution in [0.2, 0.25) is 10.0 Å². The lowest BCUT2D eigenvalue weighted by Gasteiger charge is -2.32. The zero-order valence-corrected chi connectivity index (χ0v) is 12.5. The van der Waals surface area contributed by atoms with Crippen molar-refractivity contribution in [3.8, 4) is 0 Å². The van der Waals surface area contributed by atoms with E-state index >= 15 is 0 Å². The van der Waals surface area contributed by atoms with Crippen LogP contribution in [0.4, 0.5) is 5.69 Å². The highest BCUT2D eigenvalue weighted by Gasteiger charge is 2.28. The van der Waals surface area contributed by atoms with Crippen molar-refractivity contribution in [3.63, 3.8) is 0 Å². The lowest BCUT2D eigenvalue weighted by Crippen LogP contribution is -2.50. The summed E-state index contributed by atoms with van der Waals surface area (Å²) in [5.41, 5.74) is -0.401. The summed E-state index contributed by atoms with van der Waals surface area (Å²) in [5.74, 6) is -0.755. The average molecular weight is 332 g/mol. The van der Waals surface area contributed by atoms with Crippen LogP contribution in [0.1, 0.15) is 10.4 Å². The molecule has 9 heteroatoms. The van der Waals surface area contributed by atoms with Gasteiger partial charge < -0.3 is 9.80 Å². The maximum atomic E-state index is 12.4. The largest absolute Gasteiger partial charge is 0.342 e. The van der Waals surface area contributed by atoms with Crippen LogP contribution in [-0.4, -0.2) is 53.2 Å². The number of benzene rings is 1. The Kier molecular flexibility index (Phi) is 4.34. The molecular weight excluding hydrogens is 321 g/mol. The molecule has 1 aliphatic heterocycles. The number of hydrogen-bond acceptors (Lipinski definition) is 4. The molecule has 0 aliphatic carbocycles. The van der Waals surface area contributed by atoms with Crippen LogP contribution in [-0.2, 0) is 4.79 Å². The predicted molar refractivity (Wildman–Crippen MR) is 76.7 cm³/mol. The molecule has 0 spiro atoms. The van der Waals surface area contributed by atoms with Crippen LogP contribution in [0.15, 0.2) is 12.1 Å². The third-order valence-corrected chi connectivity index (χ3v) is 4.00. The molecule has 0 atom stereocenters. The van der Waals surface area contributed by atoms with Gasteiger partial charge in [-0.3, -0.25) is 19.7 Å². The molecule has 2 rings (SSSR count). The molecule has 112 valence electrons. The maximum absolute atomic E-state index is 12.4. The third kappa shape index (κ3) is 3.08. The smallest absolute Gasteiger partial charge is 0.271 e. The minimum atomic E-state index is -0.659. The van der Waals surface area contributed by atoms with Gasteiger partial charge in [-0.15, -0.1) is 0 Å². The molecule has 1 aliphatic rings. The maximum Gasteiger partial charge on any atom is 0.271 e. The summed E-state index contributed by atoms with van der Waals surface area (Å²) in [6.07, 6.45) is 0. The molecular formula is C12H11Cl2N3O4. The number of nitro benzene ring substituents is 1. The molecule has 0 saturated carbocycles. The molecule has 0 bridgehead atoms. The molecule has 0 aromatic heterocycles. The Labute approximate surface area is 130 Å². The molecule has 1 aromatic rings. The minimum absolute atomic E-state index is 0.0568. The van der Waals surface area contributed by atoms with E-state index < -0.39 is 10.8 Å². The zero-order chi connectivity index (χ0) is 15.7. The number of halogens is 2. The fraction of sp³-hybridized carbons (Fsp3) is 0.333. The first-order valence-electron chi connectivity index (χ1n) is 5.98. The first-order valence-corrected chi connectivity index (χ1v) is 6.73. The van der Waals surface area contributed by atoms with Gasteiger partial charge in [0, 0.05) is 32.3 Å². The second-order valence-corrected chi connectivity index (χ2v) is 5.37. The summed E-state index contributed by atoms with van der Waals surface area (Å²) < 4.78 is 0. The zero-order valence-electron chi connectivity index (χ0n) is 11.0.